The molecule has 0 aliphatic carbocycles. The smallest absolute Gasteiger partial charge is 0.260 e. The Bertz CT molecular complexity index is 333. The summed E-state index contributed by atoms with van der Waals surface area (Å²) in [6.45, 7) is 3.98. The van der Waals surface area contributed by atoms with Crippen molar-refractivity contribution in [2.75, 3.05) is 13.7 Å². The number of hydrogen-bond donors (Lipinski definition) is 0. The van der Waals surface area contributed by atoms with Crippen LogP contribution < -0.4 is 4.74 Å². The molecule has 5 nitrogen and oxygen atoms in total. The Morgan fingerprint density at radius 3 is 2.80 bits per heavy atom. The number of likely N-dealkylation sites (N-methyl/N-ethyl adjacent to an activating group) is 1. The van der Waals surface area contributed by atoms with Crippen molar-refractivity contribution >= 4 is 5.91 Å². The zero-order valence-electron chi connectivity index (χ0n) is 9.60. The summed E-state index contributed by atoms with van der Waals surface area (Å²) in [7, 11) is 3.56. The minimum absolute atomic E-state index is 0.0335. The Labute approximate surface area is 89.6 Å². The van der Waals surface area contributed by atoms with Crippen LogP contribution in [0.25, 0.3) is 0 Å². The van der Waals surface area contributed by atoms with E-state index in [9.17, 15) is 4.79 Å². The average molecular weight is 211 g/mol. The van der Waals surface area contributed by atoms with Gasteiger partial charge in [-0.2, -0.15) is 5.10 Å². The highest BCUT2D eigenvalue weighted by Crippen LogP contribution is 2.07. The van der Waals surface area contributed by atoms with Gasteiger partial charge in [-0.25, -0.2) is 0 Å². The summed E-state index contributed by atoms with van der Waals surface area (Å²) in [6.07, 6.45) is 3.31. The van der Waals surface area contributed by atoms with Crippen LogP contribution in [0.3, 0.4) is 0 Å². The number of amides is 1. The number of aryl methyl sites for hydroxylation is 1. The maximum Gasteiger partial charge on any atom is 0.260 e. The zero-order chi connectivity index (χ0) is 11.4. The van der Waals surface area contributed by atoms with Gasteiger partial charge in [-0.3, -0.25) is 9.48 Å². The fourth-order valence-corrected chi connectivity index (χ4v) is 1.01. The molecule has 0 saturated carbocycles. The van der Waals surface area contributed by atoms with Gasteiger partial charge >= 0.3 is 0 Å². The molecule has 0 radical (unpaired) electrons. The van der Waals surface area contributed by atoms with Crippen molar-refractivity contribution in [3.8, 4) is 5.75 Å². The Morgan fingerprint density at radius 2 is 2.33 bits per heavy atom. The van der Waals surface area contributed by atoms with Gasteiger partial charge in [0.1, 0.15) is 0 Å². The van der Waals surface area contributed by atoms with Crippen molar-refractivity contribution in [1.29, 1.82) is 0 Å². The Balaban J connectivity index is 2.40. The van der Waals surface area contributed by atoms with E-state index in [1.807, 2.05) is 13.8 Å². The van der Waals surface area contributed by atoms with E-state index < -0.39 is 0 Å². The molecule has 84 valence electrons. The van der Waals surface area contributed by atoms with Gasteiger partial charge in [-0.05, 0) is 13.8 Å². The van der Waals surface area contributed by atoms with E-state index in [0.29, 0.717) is 5.75 Å². The largest absolute Gasteiger partial charge is 0.480 e. The molecule has 0 fully saturated rings. The highest BCUT2D eigenvalue weighted by atomic mass is 16.5. The molecular formula is C10H17N3O2. The lowest BCUT2D eigenvalue weighted by Gasteiger charge is -2.21. The SMILES string of the molecule is CC(C)N(C)C(=O)COc1cnn(C)c1. The predicted molar refractivity (Wildman–Crippen MR) is 56.6 cm³/mol. The molecule has 0 aliphatic rings. The number of aromatic nitrogens is 2. The molecule has 0 aromatic carbocycles. The monoisotopic (exact) mass is 211 g/mol. The first-order valence-electron chi connectivity index (χ1n) is 4.88. The average Bonchev–Trinajstić information content (AvgIpc) is 2.59. The fourth-order valence-electron chi connectivity index (χ4n) is 1.01. The molecule has 1 heterocycles. The molecule has 0 atom stereocenters. The third-order valence-electron chi connectivity index (χ3n) is 2.21. The lowest BCUT2D eigenvalue weighted by Crippen LogP contribution is -2.36. The quantitative estimate of drug-likeness (QED) is 0.735. The van der Waals surface area contributed by atoms with Crippen molar-refractivity contribution in [3.05, 3.63) is 12.4 Å². The Hall–Kier alpha value is -1.52. The van der Waals surface area contributed by atoms with E-state index in [1.54, 1.807) is 36.1 Å². The van der Waals surface area contributed by atoms with Gasteiger partial charge in [0.2, 0.25) is 0 Å². The standard InChI is InChI=1S/C10H17N3O2/c1-8(2)13(4)10(14)7-15-9-5-11-12(3)6-9/h5-6,8H,7H2,1-4H3. The summed E-state index contributed by atoms with van der Waals surface area (Å²) in [5.74, 6) is 0.580. The second-order valence-electron chi connectivity index (χ2n) is 3.74. The van der Waals surface area contributed by atoms with Crippen LogP contribution in [-0.4, -0.2) is 40.3 Å². The van der Waals surface area contributed by atoms with Crippen molar-refractivity contribution in [3.63, 3.8) is 0 Å². The number of carbonyl (C=O) groups excluding carboxylic acids is 1. The zero-order valence-corrected chi connectivity index (χ0v) is 9.60. The molecule has 0 saturated heterocycles. The van der Waals surface area contributed by atoms with Crippen molar-refractivity contribution in [1.82, 2.24) is 14.7 Å². The molecular weight excluding hydrogens is 194 g/mol. The van der Waals surface area contributed by atoms with Gasteiger partial charge in [0.05, 0.1) is 12.4 Å². The van der Waals surface area contributed by atoms with E-state index >= 15 is 0 Å². The van der Waals surface area contributed by atoms with E-state index in [0.717, 1.165) is 0 Å². The first kappa shape index (κ1) is 11.6. The molecule has 1 aromatic heterocycles. The van der Waals surface area contributed by atoms with Crippen LogP contribution in [0.1, 0.15) is 13.8 Å². The van der Waals surface area contributed by atoms with Gasteiger partial charge in [-0.1, -0.05) is 0 Å². The van der Waals surface area contributed by atoms with Crippen LogP contribution in [0.5, 0.6) is 5.75 Å². The summed E-state index contributed by atoms with van der Waals surface area (Å²) < 4.78 is 6.92. The first-order valence-corrected chi connectivity index (χ1v) is 4.88. The van der Waals surface area contributed by atoms with Gasteiger partial charge in [0.25, 0.3) is 5.91 Å². The second kappa shape index (κ2) is 4.82. The summed E-state index contributed by atoms with van der Waals surface area (Å²) in [5, 5.41) is 3.94. The van der Waals surface area contributed by atoms with Crippen molar-refractivity contribution in [2.24, 2.45) is 7.05 Å². The number of rotatable bonds is 4. The lowest BCUT2D eigenvalue weighted by molar-refractivity contribution is -0.133. The van der Waals surface area contributed by atoms with Gasteiger partial charge < -0.3 is 9.64 Å². The van der Waals surface area contributed by atoms with E-state index in [1.165, 1.54) is 0 Å². The lowest BCUT2D eigenvalue weighted by atomic mass is 10.3. The highest BCUT2D eigenvalue weighted by Gasteiger charge is 2.12. The van der Waals surface area contributed by atoms with Crippen LogP contribution in [-0.2, 0) is 11.8 Å². The molecule has 1 amide bonds. The summed E-state index contributed by atoms with van der Waals surface area (Å²) in [6, 6.07) is 0.190. The van der Waals surface area contributed by atoms with Crippen LogP contribution in [0.2, 0.25) is 0 Å². The molecule has 0 bridgehead atoms. The number of ether oxygens (including phenoxy) is 1. The molecule has 0 spiro atoms. The number of hydrogen-bond acceptors (Lipinski definition) is 3. The molecule has 0 N–H and O–H groups in total. The van der Waals surface area contributed by atoms with Gasteiger partial charge in [0, 0.05) is 20.1 Å². The summed E-state index contributed by atoms with van der Waals surface area (Å²) in [5.41, 5.74) is 0. The van der Waals surface area contributed by atoms with Crippen LogP contribution in [0, 0.1) is 0 Å². The maximum atomic E-state index is 11.5. The molecule has 1 aromatic rings. The normalized spacial score (nSPS) is 10.5. The topological polar surface area (TPSA) is 47.4 Å². The van der Waals surface area contributed by atoms with E-state index in [-0.39, 0.29) is 18.6 Å². The predicted octanol–water partition coefficient (Wildman–Crippen LogP) is 0.666. The van der Waals surface area contributed by atoms with Gasteiger partial charge in [0.15, 0.2) is 12.4 Å². The Kier molecular flexibility index (Phi) is 3.71. The van der Waals surface area contributed by atoms with E-state index in [4.69, 9.17) is 4.74 Å². The minimum atomic E-state index is -0.0335. The molecule has 15 heavy (non-hydrogen) atoms. The maximum absolute atomic E-state index is 11.5. The number of nitrogens with zero attached hydrogens (tertiary/aromatic N) is 3. The molecule has 1 rings (SSSR count). The van der Waals surface area contributed by atoms with Gasteiger partial charge in [-0.15, -0.1) is 0 Å². The van der Waals surface area contributed by atoms with Crippen molar-refractivity contribution in [2.45, 2.75) is 19.9 Å². The van der Waals surface area contributed by atoms with Crippen LogP contribution in [0.15, 0.2) is 12.4 Å². The molecule has 5 heteroatoms. The Morgan fingerprint density at radius 1 is 1.67 bits per heavy atom. The minimum Gasteiger partial charge on any atom is -0.480 e. The highest BCUT2D eigenvalue weighted by molar-refractivity contribution is 5.77. The van der Waals surface area contributed by atoms with Crippen LogP contribution >= 0.6 is 0 Å². The fraction of sp³-hybridized carbons (Fsp3) is 0.600. The molecule has 0 aliphatic heterocycles. The third-order valence-corrected chi connectivity index (χ3v) is 2.21. The first-order chi connectivity index (χ1) is 7.00. The summed E-state index contributed by atoms with van der Waals surface area (Å²) in [4.78, 5) is 13.2. The van der Waals surface area contributed by atoms with Crippen molar-refractivity contribution < 1.29 is 9.53 Å². The van der Waals surface area contributed by atoms with Crippen LogP contribution in [0.4, 0.5) is 0 Å². The summed E-state index contributed by atoms with van der Waals surface area (Å²) >= 11 is 0. The molecule has 0 unspecified atom stereocenters. The third kappa shape index (κ3) is 3.27. The number of carbonyl (C=O) groups is 1. The second-order valence-corrected chi connectivity index (χ2v) is 3.74. The van der Waals surface area contributed by atoms with E-state index in [2.05, 4.69) is 5.10 Å².